The minimum atomic E-state index is -2.98. The van der Waals surface area contributed by atoms with Crippen LogP contribution in [0.3, 0.4) is 0 Å². The third-order valence-corrected chi connectivity index (χ3v) is 3.72. The predicted octanol–water partition coefficient (Wildman–Crippen LogP) is 4.31. The van der Waals surface area contributed by atoms with E-state index in [0.717, 1.165) is 12.1 Å². The van der Waals surface area contributed by atoms with Crippen molar-refractivity contribution >= 4 is 5.78 Å². The Kier molecular flexibility index (Phi) is 4.70. The Hall–Kier alpha value is -1.78. The third kappa shape index (κ3) is 3.46. The number of benzene rings is 1. The lowest BCUT2D eigenvalue weighted by molar-refractivity contribution is -0.125. The predicted molar refractivity (Wildman–Crippen MR) is 72.9 cm³/mol. The second kappa shape index (κ2) is 6.33. The fraction of sp³-hybridized carbons (Fsp3) is 0.438. The van der Waals surface area contributed by atoms with Gasteiger partial charge in [0.2, 0.25) is 0 Å². The van der Waals surface area contributed by atoms with Crippen molar-refractivity contribution in [2.75, 3.05) is 0 Å². The summed E-state index contributed by atoms with van der Waals surface area (Å²) in [5.74, 6) is -1.60. The normalized spacial score (nSPS) is 22.1. The zero-order valence-corrected chi connectivity index (χ0v) is 11.9. The molecule has 0 amide bonds. The molecule has 0 N–H and O–H groups in total. The molecular formula is C16H17F3O2. The van der Waals surface area contributed by atoms with Crippen LogP contribution >= 0.6 is 0 Å². The fourth-order valence-electron chi connectivity index (χ4n) is 2.60. The first-order valence-electron chi connectivity index (χ1n) is 6.84. The zero-order chi connectivity index (χ0) is 15.6. The van der Waals surface area contributed by atoms with Crippen LogP contribution in [0.1, 0.15) is 31.7 Å². The molecule has 1 aliphatic carbocycles. The highest BCUT2D eigenvalue weighted by Gasteiger charge is 2.32. The van der Waals surface area contributed by atoms with Crippen molar-refractivity contribution in [3.8, 4) is 5.75 Å². The van der Waals surface area contributed by atoms with Gasteiger partial charge in [-0.2, -0.15) is 8.78 Å². The lowest BCUT2D eigenvalue weighted by Gasteiger charge is -2.26. The molecule has 0 aliphatic heterocycles. The van der Waals surface area contributed by atoms with Crippen LogP contribution in [0.5, 0.6) is 5.75 Å². The summed E-state index contributed by atoms with van der Waals surface area (Å²) in [7, 11) is 0. The quantitative estimate of drug-likeness (QED) is 0.774. The smallest absolute Gasteiger partial charge is 0.387 e. The van der Waals surface area contributed by atoms with Crippen LogP contribution in [-0.4, -0.2) is 12.4 Å². The monoisotopic (exact) mass is 298 g/mol. The summed E-state index contributed by atoms with van der Waals surface area (Å²) in [6.07, 6.45) is 4.10. The minimum Gasteiger partial charge on any atom is -0.435 e. The van der Waals surface area contributed by atoms with Crippen LogP contribution in [0.4, 0.5) is 13.2 Å². The summed E-state index contributed by atoms with van der Waals surface area (Å²) < 4.78 is 42.7. The Morgan fingerprint density at radius 3 is 2.62 bits per heavy atom. The molecule has 2 unspecified atom stereocenters. The molecule has 0 fully saturated rings. The molecule has 0 bridgehead atoms. The van der Waals surface area contributed by atoms with E-state index in [2.05, 4.69) is 4.74 Å². The lowest BCUT2D eigenvalue weighted by atomic mass is 9.76. The van der Waals surface area contributed by atoms with Crippen LogP contribution in [-0.2, 0) is 4.79 Å². The molecule has 0 aromatic heterocycles. The van der Waals surface area contributed by atoms with E-state index in [9.17, 15) is 18.0 Å². The van der Waals surface area contributed by atoms with Crippen LogP contribution in [0, 0.1) is 17.7 Å². The third-order valence-electron chi connectivity index (χ3n) is 3.72. The van der Waals surface area contributed by atoms with E-state index in [-0.39, 0.29) is 28.9 Å². The molecule has 0 spiro atoms. The Morgan fingerprint density at radius 1 is 1.29 bits per heavy atom. The molecule has 2 nitrogen and oxygen atoms in total. The first-order valence-corrected chi connectivity index (χ1v) is 6.84. The Labute approximate surface area is 121 Å². The highest BCUT2D eigenvalue weighted by atomic mass is 19.3. The van der Waals surface area contributed by atoms with Crippen LogP contribution in [0.15, 0.2) is 30.4 Å². The van der Waals surface area contributed by atoms with E-state index in [1.54, 1.807) is 6.08 Å². The summed E-state index contributed by atoms with van der Waals surface area (Å²) >= 11 is 0. The van der Waals surface area contributed by atoms with Crippen molar-refractivity contribution in [2.24, 2.45) is 11.8 Å². The number of allylic oxidation sites excluding steroid dienone is 2. The van der Waals surface area contributed by atoms with Gasteiger partial charge >= 0.3 is 6.61 Å². The van der Waals surface area contributed by atoms with Gasteiger partial charge in [0.15, 0.2) is 0 Å². The Morgan fingerprint density at radius 2 is 2.00 bits per heavy atom. The van der Waals surface area contributed by atoms with Crippen LogP contribution in [0.25, 0.3) is 0 Å². The molecule has 114 valence electrons. The number of carbonyl (C=O) groups excluding carboxylic acids is 1. The Balaban J connectivity index is 2.34. The lowest BCUT2D eigenvalue weighted by Crippen LogP contribution is -2.28. The van der Waals surface area contributed by atoms with Gasteiger partial charge in [-0.15, -0.1) is 0 Å². The maximum Gasteiger partial charge on any atom is 0.387 e. The summed E-state index contributed by atoms with van der Waals surface area (Å²) in [5.41, 5.74) is 0.0831. The van der Waals surface area contributed by atoms with Gasteiger partial charge in [0.05, 0.1) is 5.92 Å². The zero-order valence-electron chi connectivity index (χ0n) is 11.9. The molecule has 0 saturated heterocycles. The number of alkyl halides is 2. The average Bonchev–Trinajstić information content (AvgIpc) is 2.40. The average molecular weight is 298 g/mol. The standard InChI is InChI=1S/C16H17F3O2/c1-9(2)11-4-3-5-12(15(11)20)13-8-10(21-16(18)19)6-7-14(13)17/h3,5-9,11-12,16H,4H2,1-2H3. The van der Waals surface area contributed by atoms with Crippen molar-refractivity contribution in [1.82, 2.24) is 0 Å². The first-order chi connectivity index (χ1) is 9.90. The SMILES string of the molecule is CC(C)C1CC=CC(c2cc(OC(F)F)ccc2F)C1=O. The van der Waals surface area contributed by atoms with Crippen molar-refractivity contribution in [3.05, 3.63) is 41.7 Å². The fourth-order valence-corrected chi connectivity index (χ4v) is 2.60. The molecule has 0 saturated carbocycles. The molecule has 1 aliphatic rings. The van der Waals surface area contributed by atoms with Crippen molar-refractivity contribution in [2.45, 2.75) is 32.8 Å². The van der Waals surface area contributed by atoms with Crippen molar-refractivity contribution in [1.29, 1.82) is 0 Å². The molecule has 0 heterocycles. The van der Waals surface area contributed by atoms with Gasteiger partial charge in [0.1, 0.15) is 17.3 Å². The first kappa shape index (κ1) is 15.6. The summed E-state index contributed by atoms with van der Waals surface area (Å²) in [5, 5.41) is 0. The van der Waals surface area contributed by atoms with E-state index in [1.165, 1.54) is 6.07 Å². The number of hydrogen-bond acceptors (Lipinski definition) is 2. The van der Waals surface area contributed by atoms with Gasteiger partial charge in [0, 0.05) is 11.5 Å². The highest BCUT2D eigenvalue weighted by molar-refractivity contribution is 5.91. The summed E-state index contributed by atoms with van der Waals surface area (Å²) in [4.78, 5) is 12.4. The van der Waals surface area contributed by atoms with Crippen molar-refractivity contribution < 1.29 is 22.7 Å². The molecule has 1 aromatic rings. The maximum absolute atomic E-state index is 14.0. The number of ketones is 1. The molecule has 2 rings (SSSR count). The number of Topliss-reactive ketones (excluding diaryl/α,β-unsaturated/α-hetero) is 1. The van der Waals surface area contributed by atoms with Gasteiger partial charge in [0.25, 0.3) is 0 Å². The van der Waals surface area contributed by atoms with Gasteiger partial charge < -0.3 is 4.74 Å². The largest absolute Gasteiger partial charge is 0.435 e. The minimum absolute atomic E-state index is 0.0828. The van der Waals surface area contributed by atoms with Gasteiger partial charge in [-0.05, 0) is 30.5 Å². The van der Waals surface area contributed by atoms with E-state index in [4.69, 9.17) is 0 Å². The Bertz CT molecular complexity index is 552. The highest BCUT2D eigenvalue weighted by Crippen LogP contribution is 2.34. The van der Waals surface area contributed by atoms with E-state index >= 15 is 0 Å². The van der Waals surface area contributed by atoms with Gasteiger partial charge in [-0.25, -0.2) is 4.39 Å². The van der Waals surface area contributed by atoms with Crippen LogP contribution in [0.2, 0.25) is 0 Å². The molecule has 0 radical (unpaired) electrons. The van der Waals surface area contributed by atoms with Crippen LogP contribution < -0.4 is 4.74 Å². The van der Waals surface area contributed by atoms with Gasteiger partial charge in [-0.3, -0.25) is 4.79 Å². The second-order valence-corrected chi connectivity index (χ2v) is 5.46. The van der Waals surface area contributed by atoms with Crippen molar-refractivity contribution in [3.63, 3.8) is 0 Å². The molecule has 2 atom stereocenters. The number of carbonyl (C=O) groups is 1. The van der Waals surface area contributed by atoms with E-state index in [0.29, 0.717) is 6.42 Å². The number of halogens is 3. The topological polar surface area (TPSA) is 26.3 Å². The van der Waals surface area contributed by atoms with Gasteiger partial charge in [-0.1, -0.05) is 26.0 Å². The molecular weight excluding hydrogens is 281 g/mol. The number of hydrogen-bond donors (Lipinski definition) is 0. The summed E-state index contributed by atoms with van der Waals surface area (Å²) in [6.45, 7) is 0.890. The number of rotatable bonds is 4. The molecule has 21 heavy (non-hydrogen) atoms. The molecule has 5 heteroatoms. The van der Waals surface area contributed by atoms with E-state index in [1.807, 2.05) is 19.9 Å². The number of ether oxygens (including phenoxy) is 1. The van der Waals surface area contributed by atoms with E-state index < -0.39 is 18.3 Å². The maximum atomic E-state index is 14.0. The second-order valence-electron chi connectivity index (χ2n) is 5.46. The molecule has 1 aromatic carbocycles. The summed E-state index contributed by atoms with van der Waals surface area (Å²) in [6, 6.07) is 3.35.